The maximum Gasteiger partial charge on any atom is 0.109 e. The summed E-state index contributed by atoms with van der Waals surface area (Å²) >= 11 is 0. The van der Waals surface area contributed by atoms with Gasteiger partial charge in [-0.3, -0.25) is 0 Å². The molecule has 0 unspecified atom stereocenters. The SMILES string of the molecule is Cc1ccc(S(=O)(O)(O)CC(C)(C)C)cc1. The van der Waals surface area contributed by atoms with Crippen LogP contribution in [0.25, 0.3) is 0 Å². The minimum atomic E-state index is -4.70. The van der Waals surface area contributed by atoms with E-state index < -0.39 is 15.0 Å². The van der Waals surface area contributed by atoms with Crippen molar-refractivity contribution in [2.75, 3.05) is 5.75 Å². The fraction of sp³-hybridized carbons (Fsp3) is 0.500. The molecule has 0 fully saturated rings. The lowest BCUT2D eigenvalue weighted by Crippen LogP contribution is -2.41. The number of rotatable bonds is 2. The number of hydrogen-bond donors (Lipinski definition) is 2. The molecule has 92 valence electrons. The third-order valence-electron chi connectivity index (χ3n) is 2.19. The molecule has 1 rings (SSSR count). The van der Waals surface area contributed by atoms with Crippen LogP contribution >= 0.6 is 0 Å². The largest absolute Gasteiger partial charge is 0.304 e. The molecule has 0 spiro atoms. The van der Waals surface area contributed by atoms with Gasteiger partial charge in [0.15, 0.2) is 0 Å². The molecule has 3 nitrogen and oxygen atoms in total. The van der Waals surface area contributed by atoms with Gasteiger partial charge in [0.2, 0.25) is 0 Å². The van der Waals surface area contributed by atoms with Crippen LogP contribution in [0.5, 0.6) is 0 Å². The highest BCUT2D eigenvalue weighted by molar-refractivity contribution is 8.10. The van der Waals surface area contributed by atoms with Crippen molar-refractivity contribution in [1.82, 2.24) is 0 Å². The highest BCUT2D eigenvalue weighted by Crippen LogP contribution is 2.35. The molecule has 0 radical (unpaired) electrons. The third-order valence-corrected chi connectivity index (χ3v) is 4.79. The summed E-state index contributed by atoms with van der Waals surface area (Å²) in [4.78, 5) is 0.0949. The molecule has 1 aromatic rings. The van der Waals surface area contributed by atoms with Crippen molar-refractivity contribution < 1.29 is 13.3 Å². The maximum atomic E-state index is 12.2. The van der Waals surface area contributed by atoms with Crippen molar-refractivity contribution >= 4 is 9.63 Å². The standard InChI is InChI=1S/C12H20O3S/c1-10-5-7-11(8-6-10)16(13,14,15)9-12(2,3)4/h5-8H,9H2,1-4H3,(H2,13,14,15). The van der Waals surface area contributed by atoms with E-state index in [2.05, 4.69) is 0 Å². The lowest BCUT2D eigenvalue weighted by atomic mass is 10.0. The Hall–Kier alpha value is -0.710. The molecule has 0 aliphatic rings. The fourth-order valence-electron chi connectivity index (χ4n) is 1.68. The third kappa shape index (κ3) is 3.40. The maximum absolute atomic E-state index is 12.2. The summed E-state index contributed by atoms with van der Waals surface area (Å²) in [7, 11) is -4.70. The lowest BCUT2D eigenvalue weighted by molar-refractivity contribution is 0.355. The molecule has 0 saturated carbocycles. The van der Waals surface area contributed by atoms with Crippen LogP contribution in [0.1, 0.15) is 26.3 Å². The number of benzene rings is 1. The number of hydrogen-bond acceptors (Lipinski definition) is 1. The molecule has 4 heteroatoms. The second kappa shape index (κ2) is 3.65. The smallest absolute Gasteiger partial charge is 0.109 e. The zero-order valence-electron chi connectivity index (χ0n) is 10.2. The second-order valence-electron chi connectivity index (χ2n) is 5.54. The van der Waals surface area contributed by atoms with Crippen LogP contribution in [0, 0.1) is 12.3 Å². The highest BCUT2D eigenvalue weighted by Gasteiger charge is 2.37. The second-order valence-corrected chi connectivity index (χ2v) is 8.33. The van der Waals surface area contributed by atoms with Crippen LogP contribution < -0.4 is 0 Å². The van der Waals surface area contributed by atoms with Gasteiger partial charge in [-0.15, -0.1) is 0 Å². The van der Waals surface area contributed by atoms with Crippen molar-refractivity contribution in [3.05, 3.63) is 29.8 Å². The van der Waals surface area contributed by atoms with E-state index in [-0.39, 0.29) is 10.6 Å². The summed E-state index contributed by atoms with van der Waals surface area (Å²) in [6.45, 7) is 7.35. The van der Waals surface area contributed by atoms with E-state index in [0.29, 0.717) is 0 Å². The first-order valence-electron chi connectivity index (χ1n) is 5.20. The molecular formula is C12H20O3S. The average molecular weight is 244 g/mol. The van der Waals surface area contributed by atoms with Gasteiger partial charge in [0.25, 0.3) is 0 Å². The molecule has 1 aromatic carbocycles. The molecule has 2 N–H and O–H groups in total. The van der Waals surface area contributed by atoms with Crippen LogP contribution in [0.3, 0.4) is 0 Å². The van der Waals surface area contributed by atoms with Gasteiger partial charge in [-0.25, -0.2) is 4.21 Å². The van der Waals surface area contributed by atoms with Crippen LogP contribution in [0.2, 0.25) is 0 Å². The number of aryl methyl sites for hydroxylation is 1. The van der Waals surface area contributed by atoms with Gasteiger partial charge in [-0.2, -0.15) is 0 Å². The fourth-order valence-corrected chi connectivity index (χ4v) is 4.09. The first-order chi connectivity index (χ1) is 6.98. The van der Waals surface area contributed by atoms with Gasteiger partial charge in [0, 0.05) is 0 Å². The Kier molecular flexibility index (Phi) is 3.05. The molecule has 0 saturated heterocycles. The summed E-state index contributed by atoms with van der Waals surface area (Å²) in [5.74, 6) is -0.159. The Morgan fingerprint density at radius 3 is 1.94 bits per heavy atom. The molecule has 0 aliphatic carbocycles. The van der Waals surface area contributed by atoms with Gasteiger partial charge in [-0.05, 0) is 24.5 Å². The van der Waals surface area contributed by atoms with E-state index in [1.807, 2.05) is 27.7 Å². The average Bonchev–Trinajstić information content (AvgIpc) is 1.98. The van der Waals surface area contributed by atoms with Crippen molar-refractivity contribution in [2.45, 2.75) is 32.6 Å². The van der Waals surface area contributed by atoms with Crippen LogP contribution in [-0.4, -0.2) is 19.1 Å². The molecule has 0 amide bonds. The van der Waals surface area contributed by atoms with Crippen LogP contribution in [0.4, 0.5) is 0 Å². The van der Waals surface area contributed by atoms with E-state index in [4.69, 9.17) is 0 Å². The van der Waals surface area contributed by atoms with Crippen molar-refractivity contribution in [2.24, 2.45) is 5.41 Å². The molecule has 0 aliphatic heterocycles. The monoisotopic (exact) mass is 244 g/mol. The zero-order valence-corrected chi connectivity index (χ0v) is 11.0. The Morgan fingerprint density at radius 2 is 1.56 bits per heavy atom. The van der Waals surface area contributed by atoms with E-state index in [0.717, 1.165) is 5.56 Å². The Bertz CT molecular complexity index is 434. The van der Waals surface area contributed by atoms with E-state index in [1.54, 1.807) is 12.1 Å². The van der Waals surface area contributed by atoms with E-state index >= 15 is 0 Å². The molecule has 0 bridgehead atoms. The summed E-state index contributed by atoms with van der Waals surface area (Å²) in [5, 5.41) is 0. The normalized spacial score (nSPS) is 15.5. The molecular weight excluding hydrogens is 224 g/mol. The van der Waals surface area contributed by atoms with Crippen LogP contribution in [-0.2, 0) is 9.63 Å². The zero-order chi connectivity index (χ0) is 12.6. The summed E-state index contributed by atoms with van der Waals surface area (Å²) < 4.78 is 32.2. The van der Waals surface area contributed by atoms with Gasteiger partial charge in [0.05, 0.1) is 10.6 Å². The van der Waals surface area contributed by atoms with Gasteiger partial charge >= 0.3 is 0 Å². The lowest BCUT2D eigenvalue weighted by Gasteiger charge is -2.36. The predicted molar refractivity (Wildman–Crippen MR) is 67.2 cm³/mol. The highest BCUT2D eigenvalue weighted by atomic mass is 32.3. The van der Waals surface area contributed by atoms with Crippen molar-refractivity contribution in [3.8, 4) is 0 Å². The first-order valence-corrected chi connectivity index (χ1v) is 7.25. The molecule has 0 aromatic heterocycles. The Balaban J connectivity index is 3.18. The van der Waals surface area contributed by atoms with Crippen molar-refractivity contribution in [1.29, 1.82) is 0 Å². The van der Waals surface area contributed by atoms with Gasteiger partial charge in [0.1, 0.15) is 9.63 Å². The topological polar surface area (TPSA) is 57.5 Å². The van der Waals surface area contributed by atoms with Crippen molar-refractivity contribution in [3.63, 3.8) is 0 Å². The Labute approximate surface area is 96.9 Å². The predicted octanol–water partition coefficient (Wildman–Crippen LogP) is 3.17. The van der Waals surface area contributed by atoms with Gasteiger partial charge in [-0.1, -0.05) is 38.5 Å². The first kappa shape index (κ1) is 13.4. The molecule has 16 heavy (non-hydrogen) atoms. The van der Waals surface area contributed by atoms with E-state index in [9.17, 15) is 13.3 Å². The summed E-state index contributed by atoms with van der Waals surface area (Å²) in [6.07, 6.45) is 0. The van der Waals surface area contributed by atoms with Gasteiger partial charge < -0.3 is 9.11 Å². The minimum absolute atomic E-state index is 0.0949. The summed E-state index contributed by atoms with van der Waals surface area (Å²) in [5.41, 5.74) is 0.570. The molecule has 0 heterocycles. The quantitative estimate of drug-likeness (QED) is 0.840. The minimum Gasteiger partial charge on any atom is -0.304 e. The molecule has 0 atom stereocenters. The van der Waals surface area contributed by atoms with Crippen LogP contribution in [0.15, 0.2) is 29.2 Å². The Morgan fingerprint density at radius 1 is 1.12 bits per heavy atom. The van der Waals surface area contributed by atoms with E-state index in [1.165, 1.54) is 12.1 Å². The summed E-state index contributed by atoms with van der Waals surface area (Å²) in [6, 6.07) is 6.46.